The summed E-state index contributed by atoms with van der Waals surface area (Å²) in [7, 11) is 3.21. The predicted molar refractivity (Wildman–Crippen MR) is 74.5 cm³/mol. The van der Waals surface area contributed by atoms with Crippen LogP contribution in [0.2, 0.25) is 0 Å². The Morgan fingerprint density at radius 2 is 1.79 bits per heavy atom. The first-order valence-electron chi connectivity index (χ1n) is 5.90. The van der Waals surface area contributed by atoms with Crippen molar-refractivity contribution < 1.29 is 9.47 Å². The second kappa shape index (κ2) is 5.14. The van der Waals surface area contributed by atoms with Gasteiger partial charge in [-0.2, -0.15) is 0 Å². The lowest BCUT2D eigenvalue weighted by Crippen LogP contribution is -2.03. The molecule has 2 aromatic rings. The lowest BCUT2D eigenvalue weighted by molar-refractivity contribution is 0.356. The van der Waals surface area contributed by atoms with Crippen molar-refractivity contribution in [3.63, 3.8) is 0 Å². The molecule has 0 aliphatic carbocycles. The van der Waals surface area contributed by atoms with Crippen molar-refractivity contribution in [2.24, 2.45) is 0 Å². The minimum absolute atomic E-state index is 0.479. The summed E-state index contributed by atoms with van der Waals surface area (Å²) in [4.78, 5) is 8.61. The maximum absolute atomic E-state index is 5.90. The predicted octanol–water partition coefficient (Wildman–Crippen LogP) is 2.36. The molecule has 19 heavy (non-hydrogen) atoms. The van der Waals surface area contributed by atoms with Crippen molar-refractivity contribution in [3.05, 3.63) is 29.6 Å². The second-order valence-corrected chi connectivity index (χ2v) is 4.17. The van der Waals surface area contributed by atoms with Crippen LogP contribution in [0.5, 0.6) is 11.5 Å². The molecule has 100 valence electrons. The van der Waals surface area contributed by atoms with E-state index in [1.54, 1.807) is 14.2 Å². The Hall–Kier alpha value is -2.30. The summed E-state index contributed by atoms with van der Waals surface area (Å²) in [5.41, 5.74) is 8.34. The van der Waals surface area contributed by atoms with E-state index in [1.807, 2.05) is 32.0 Å². The molecule has 0 saturated carbocycles. The fourth-order valence-electron chi connectivity index (χ4n) is 1.99. The third-order valence-electron chi connectivity index (χ3n) is 2.95. The quantitative estimate of drug-likeness (QED) is 0.916. The molecule has 0 saturated heterocycles. The van der Waals surface area contributed by atoms with Gasteiger partial charge < -0.3 is 15.2 Å². The average Bonchev–Trinajstić information content (AvgIpc) is 2.41. The molecule has 0 bridgehead atoms. The number of nitrogens with zero attached hydrogens (tertiary/aromatic N) is 2. The highest BCUT2D eigenvalue weighted by atomic mass is 16.5. The van der Waals surface area contributed by atoms with E-state index in [1.165, 1.54) is 0 Å². The van der Waals surface area contributed by atoms with Crippen LogP contribution in [-0.2, 0) is 0 Å². The van der Waals surface area contributed by atoms with Gasteiger partial charge in [-0.05, 0) is 26.0 Å². The first-order valence-corrected chi connectivity index (χ1v) is 5.90. The molecule has 2 rings (SSSR count). The van der Waals surface area contributed by atoms with E-state index in [2.05, 4.69) is 9.97 Å². The van der Waals surface area contributed by atoms with Gasteiger partial charge in [-0.25, -0.2) is 9.97 Å². The van der Waals surface area contributed by atoms with E-state index in [0.717, 1.165) is 16.8 Å². The van der Waals surface area contributed by atoms with Crippen molar-refractivity contribution in [2.75, 3.05) is 20.0 Å². The fraction of sp³-hybridized carbons (Fsp3) is 0.286. The molecule has 5 nitrogen and oxygen atoms in total. The van der Waals surface area contributed by atoms with Gasteiger partial charge in [0, 0.05) is 11.1 Å². The van der Waals surface area contributed by atoms with Crippen molar-refractivity contribution in [2.45, 2.75) is 13.8 Å². The van der Waals surface area contributed by atoms with Crippen LogP contribution in [0.15, 0.2) is 18.2 Å². The summed E-state index contributed by atoms with van der Waals surface area (Å²) in [6.07, 6.45) is 0. The van der Waals surface area contributed by atoms with Gasteiger partial charge >= 0.3 is 0 Å². The number of benzene rings is 1. The number of anilines is 1. The van der Waals surface area contributed by atoms with Gasteiger partial charge in [0.2, 0.25) is 0 Å². The summed E-state index contributed by atoms with van der Waals surface area (Å²) in [6, 6.07) is 5.66. The molecule has 0 spiro atoms. The van der Waals surface area contributed by atoms with Crippen LogP contribution in [0, 0.1) is 13.8 Å². The Bertz CT molecular complexity index is 612. The third-order valence-corrected chi connectivity index (χ3v) is 2.95. The zero-order valence-electron chi connectivity index (χ0n) is 11.5. The van der Waals surface area contributed by atoms with Crippen LogP contribution in [0.1, 0.15) is 11.4 Å². The summed E-state index contributed by atoms with van der Waals surface area (Å²) in [5, 5.41) is 0. The van der Waals surface area contributed by atoms with E-state index in [9.17, 15) is 0 Å². The topological polar surface area (TPSA) is 70.3 Å². The van der Waals surface area contributed by atoms with Crippen molar-refractivity contribution in [3.8, 4) is 22.8 Å². The van der Waals surface area contributed by atoms with Crippen molar-refractivity contribution in [1.29, 1.82) is 0 Å². The van der Waals surface area contributed by atoms with Gasteiger partial charge in [0.1, 0.15) is 11.6 Å². The Morgan fingerprint density at radius 1 is 1.05 bits per heavy atom. The highest BCUT2D eigenvalue weighted by Crippen LogP contribution is 2.38. The molecule has 0 atom stereocenters. The number of methoxy groups -OCH3 is 2. The van der Waals surface area contributed by atoms with Crippen LogP contribution in [0.25, 0.3) is 11.3 Å². The van der Waals surface area contributed by atoms with Gasteiger partial charge in [0.25, 0.3) is 0 Å². The van der Waals surface area contributed by atoms with Gasteiger partial charge in [0.05, 0.1) is 19.9 Å². The van der Waals surface area contributed by atoms with E-state index >= 15 is 0 Å². The third kappa shape index (κ3) is 2.31. The lowest BCUT2D eigenvalue weighted by atomic mass is 10.1. The maximum Gasteiger partial charge on any atom is 0.170 e. The molecule has 0 aliphatic heterocycles. The molecule has 0 amide bonds. The second-order valence-electron chi connectivity index (χ2n) is 4.17. The Kier molecular flexibility index (Phi) is 3.55. The highest BCUT2D eigenvalue weighted by molar-refractivity contribution is 5.75. The van der Waals surface area contributed by atoms with Gasteiger partial charge in [-0.3, -0.25) is 0 Å². The number of aromatic nitrogens is 2. The summed E-state index contributed by atoms with van der Waals surface area (Å²) in [6.45, 7) is 3.70. The van der Waals surface area contributed by atoms with Gasteiger partial charge in [-0.1, -0.05) is 6.07 Å². The number of aryl methyl sites for hydroxylation is 1. The summed E-state index contributed by atoms with van der Waals surface area (Å²) < 4.78 is 10.7. The zero-order valence-corrected chi connectivity index (χ0v) is 11.5. The number of ether oxygens (including phenoxy) is 2. The van der Waals surface area contributed by atoms with Crippen LogP contribution in [-0.4, -0.2) is 24.2 Å². The van der Waals surface area contributed by atoms with Crippen molar-refractivity contribution >= 4 is 5.82 Å². The van der Waals surface area contributed by atoms with Crippen LogP contribution in [0.3, 0.4) is 0 Å². The van der Waals surface area contributed by atoms with E-state index in [-0.39, 0.29) is 0 Å². The monoisotopic (exact) mass is 259 g/mol. The highest BCUT2D eigenvalue weighted by Gasteiger charge is 2.16. The molecule has 5 heteroatoms. The van der Waals surface area contributed by atoms with E-state index in [4.69, 9.17) is 15.2 Å². The molecule has 1 heterocycles. The number of hydrogen-bond acceptors (Lipinski definition) is 5. The molecule has 0 fully saturated rings. The number of nitrogen functional groups attached to an aromatic ring is 1. The number of nitrogens with two attached hydrogens (primary N) is 1. The fourth-order valence-corrected chi connectivity index (χ4v) is 1.99. The van der Waals surface area contributed by atoms with Crippen LogP contribution >= 0.6 is 0 Å². The summed E-state index contributed by atoms with van der Waals surface area (Å²) >= 11 is 0. The molecule has 1 aromatic heterocycles. The van der Waals surface area contributed by atoms with Gasteiger partial charge in [-0.15, -0.1) is 0 Å². The smallest absolute Gasteiger partial charge is 0.170 e. The molecule has 0 unspecified atom stereocenters. The number of para-hydroxylation sites is 1. The van der Waals surface area contributed by atoms with Crippen molar-refractivity contribution in [1.82, 2.24) is 9.97 Å². The molecular formula is C14H17N3O2. The molecule has 0 aliphatic rings. The minimum Gasteiger partial charge on any atom is -0.493 e. The Labute approximate surface area is 112 Å². The lowest BCUT2D eigenvalue weighted by Gasteiger charge is -2.14. The first kappa shape index (κ1) is 13.1. The average molecular weight is 259 g/mol. The largest absolute Gasteiger partial charge is 0.493 e. The van der Waals surface area contributed by atoms with E-state index < -0.39 is 0 Å². The van der Waals surface area contributed by atoms with E-state index in [0.29, 0.717) is 23.1 Å². The maximum atomic E-state index is 5.90. The Balaban J connectivity index is 2.72. The van der Waals surface area contributed by atoms with Crippen LogP contribution in [0.4, 0.5) is 5.82 Å². The zero-order chi connectivity index (χ0) is 14.0. The SMILES string of the molecule is COc1cccc(-c2nc(C)nc(N)c2C)c1OC. The number of rotatable bonds is 3. The standard InChI is InChI=1S/C14H17N3O2/c1-8-12(16-9(2)17-14(8)15)10-6-5-7-11(18-3)13(10)19-4/h5-7H,1-4H3,(H2,15,16,17). The Morgan fingerprint density at radius 3 is 2.42 bits per heavy atom. The molecule has 2 N–H and O–H groups in total. The normalized spacial score (nSPS) is 10.3. The van der Waals surface area contributed by atoms with Gasteiger partial charge in [0.15, 0.2) is 11.5 Å². The molecular weight excluding hydrogens is 242 g/mol. The molecule has 1 aromatic carbocycles. The molecule has 0 radical (unpaired) electrons. The summed E-state index contributed by atoms with van der Waals surface area (Å²) in [5.74, 6) is 2.41. The van der Waals surface area contributed by atoms with Crippen LogP contribution < -0.4 is 15.2 Å². The number of hydrogen-bond donors (Lipinski definition) is 1. The first-order chi connectivity index (χ1) is 9.08. The minimum atomic E-state index is 0.479.